The monoisotopic (exact) mass is 262 g/mol. The number of esters is 1. The van der Waals surface area contributed by atoms with Gasteiger partial charge in [-0.1, -0.05) is 19.8 Å². The van der Waals surface area contributed by atoms with E-state index in [1.54, 1.807) is 6.92 Å². The Balaban J connectivity index is 4.76. The van der Waals surface area contributed by atoms with Crippen molar-refractivity contribution in [3.63, 3.8) is 0 Å². The van der Waals surface area contributed by atoms with Crippen LogP contribution in [-0.4, -0.2) is 44.3 Å². The van der Waals surface area contributed by atoms with E-state index in [0.29, 0.717) is 6.42 Å². The average Bonchev–Trinajstić information content (AvgIpc) is 2.35. The van der Waals surface area contributed by atoms with Crippen molar-refractivity contribution in [1.29, 1.82) is 0 Å². The van der Waals surface area contributed by atoms with E-state index in [-0.39, 0.29) is 12.4 Å². The van der Waals surface area contributed by atoms with Crippen LogP contribution in [0.3, 0.4) is 0 Å². The Hall–Kier alpha value is -0.650. The molecule has 2 atom stereocenters. The molecule has 0 aromatic carbocycles. The Morgan fingerprint density at radius 1 is 1.28 bits per heavy atom. The fraction of sp³-hybridized carbons (Fsp3) is 0.923. The van der Waals surface area contributed by atoms with Gasteiger partial charge < -0.3 is 19.3 Å². The van der Waals surface area contributed by atoms with Crippen LogP contribution >= 0.6 is 0 Å². The van der Waals surface area contributed by atoms with E-state index in [2.05, 4.69) is 0 Å². The number of hydrogen-bond donors (Lipinski definition) is 1. The zero-order chi connectivity index (χ0) is 14.2. The molecule has 0 aromatic heterocycles. The largest absolute Gasteiger partial charge is 0.469 e. The molecule has 0 spiro atoms. The molecule has 0 radical (unpaired) electrons. The quantitative estimate of drug-likeness (QED) is 0.506. The van der Waals surface area contributed by atoms with Gasteiger partial charge in [-0.05, 0) is 13.3 Å². The van der Waals surface area contributed by atoms with Crippen LogP contribution in [0.4, 0.5) is 0 Å². The van der Waals surface area contributed by atoms with Crippen LogP contribution in [0.15, 0.2) is 0 Å². The van der Waals surface area contributed by atoms with Crippen LogP contribution in [0, 0.1) is 5.92 Å². The highest BCUT2D eigenvalue weighted by Gasteiger charge is 2.39. The molecule has 18 heavy (non-hydrogen) atoms. The molecule has 0 amide bonds. The highest BCUT2D eigenvalue weighted by molar-refractivity contribution is 5.73. The predicted octanol–water partition coefficient (Wildman–Crippen LogP) is 1.73. The fourth-order valence-electron chi connectivity index (χ4n) is 1.98. The summed E-state index contributed by atoms with van der Waals surface area (Å²) in [6.45, 7) is 3.66. The standard InChI is InChI=1S/C13H26O5/c1-6-7-8-10(12(14)18-5)13(2,15)9-11(16-3)17-4/h10-11,15H,6-9H2,1-5H3. The molecule has 2 unspecified atom stereocenters. The van der Waals surface area contributed by atoms with Crippen LogP contribution in [0.1, 0.15) is 39.5 Å². The van der Waals surface area contributed by atoms with Gasteiger partial charge in [-0.3, -0.25) is 4.79 Å². The Morgan fingerprint density at radius 3 is 2.22 bits per heavy atom. The smallest absolute Gasteiger partial charge is 0.311 e. The van der Waals surface area contributed by atoms with Crippen LogP contribution in [0.25, 0.3) is 0 Å². The Morgan fingerprint density at radius 2 is 1.83 bits per heavy atom. The van der Waals surface area contributed by atoms with E-state index in [4.69, 9.17) is 14.2 Å². The summed E-state index contributed by atoms with van der Waals surface area (Å²) in [5, 5.41) is 10.5. The van der Waals surface area contributed by atoms with E-state index in [1.807, 2.05) is 6.92 Å². The summed E-state index contributed by atoms with van der Waals surface area (Å²) in [7, 11) is 4.34. The number of rotatable bonds is 9. The predicted molar refractivity (Wildman–Crippen MR) is 68.1 cm³/mol. The molecule has 5 heteroatoms. The van der Waals surface area contributed by atoms with E-state index < -0.39 is 17.8 Å². The third-order valence-corrected chi connectivity index (χ3v) is 3.19. The highest BCUT2D eigenvalue weighted by Crippen LogP contribution is 2.29. The van der Waals surface area contributed by atoms with E-state index in [9.17, 15) is 9.90 Å². The first-order chi connectivity index (χ1) is 8.42. The molecule has 0 aliphatic carbocycles. The van der Waals surface area contributed by atoms with Gasteiger partial charge in [-0.2, -0.15) is 0 Å². The summed E-state index contributed by atoms with van der Waals surface area (Å²) in [6.07, 6.45) is 2.11. The summed E-state index contributed by atoms with van der Waals surface area (Å²) in [6, 6.07) is 0. The van der Waals surface area contributed by atoms with Crippen LogP contribution in [0.5, 0.6) is 0 Å². The van der Waals surface area contributed by atoms with Crippen molar-refractivity contribution in [1.82, 2.24) is 0 Å². The topological polar surface area (TPSA) is 65.0 Å². The fourth-order valence-corrected chi connectivity index (χ4v) is 1.98. The van der Waals surface area contributed by atoms with Crippen molar-refractivity contribution in [2.45, 2.75) is 51.4 Å². The normalized spacial score (nSPS) is 16.4. The molecule has 0 rings (SSSR count). The number of unbranched alkanes of at least 4 members (excludes halogenated alkanes) is 1. The molecule has 0 bridgehead atoms. The molecule has 0 saturated carbocycles. The third-order valence-electron chi connectivity index (χ3n) is 3.19. The maximum Gasteiger partial charge on any atom is 0.311 e. The first kappa shape index (κ1) is 17.4. The molecule has 0 aliphatic rings. The molecule has 108 valence electrons. The number of aliphatic hydroxyl groups is 1. The first-order valence-electron chi connectivity index (χ1n) is 6.28. The van der Waals surface area contributed by atoms with Gasteiger partial charge in [0.05, 0.1) is 18.6 Å². The van der Waals surface area contributed by atoms with Gasteiger partial charge in [0.25, 0.3) is 0 Å². The van der Waals surface area contributed by atoms with E-state index in [1.165, 1.54) is 21.3 Å². The lowest BCUT2D eigenvalue weighted by Crippen LogP contribution is -2.43. The lowest BCUT2D eigenvalue weighted by atomic mass is 9.82. The molecule has 0 fully saturated rings. The van der Waals surface area contributed by atoms with Crippen molar-refractivity contribution >= 4 is 5.97 Å². The van der Waals surface area contributed by atoms with Gasteiger partial charge in [-0.15, -0.1) is 0 Å². The van der Waals surface area contributed by atoms with Gasteiger partial charge in [0.2, 0.25) is 0 Å². The first-order valence-corrected chi connectivity index (χ1v) is 6.28. The summed E-state index contributed by atoms with van der Waals surface area (Å²) in [4.78, 5) is 11.8. The zero-order valence-corrected chi connectivity index (χ0v) is 12.1. The Kier molecular flexibility index (Phi) is 8.15. The van der Waals surface area contributed by atoms with Gasteiger partial charge in [-0.25, -0.2) is 0 Å². The average molecular weight is 262 g/mol. The molecule has 0 aromatic rings. The molecule has 0 saturated heterocycles. The number of carbonyl (C=O) groups excluding carboxylic acids is 1. The van der Waals surface area contributed by atoms with Crippen LogP contribution in [0.2, 0.25) is 0 Å². The zero-order valence-electron chi connectivity index (χ0n) is 12.1. The van der Waals surface area contributed by atoms with Crippen molar-refractivity contribution in [3.8, 4) is 0 Å². The minimum Gasteiger partial charge on any atom is -0.469 e. The van der Waals surface area contributed by atoms with Crippen LogP contribution in [-0.2, 0) is 19.0 Å². The summed E-state index contributed by atoms with van der Waals surface area (Å²) >= 11 is 0. The lowest BCUT2D eigenvalue weighted by molar-refractivity contribution is -0.172. The maximum atomic E-state index is 11.8. The second kappa shape index (κ2) is 8.45. The van der Waals surface area contributed by atoms with Crippen molar-refractivity contribution in [3.05, 3.63) is 0 Å². The molecular formula is C13H26O5. The number of methoxy groups -OCH3 is 3. The van der Waals surface area contributed by atoms with Gasteiger partial charge in [0.15, 0.2) is 6.29 Å². The van der Waals surface area contributed by atoms with Crippen molar-refractivity contribution in [2.24, 2.45) is 5.92 Å². The Bertz CT molecular complexity index is 236. The molecule has 5 nitrogen and oxygen atoms in total. The summed E-state index contributed by atoms with van der Waals surface area (Å²) in [5.74, 6) is -0.949. The molecule has 0 heterocycles. The SMILES string of the molecule is CCCCC(C(=O)OC)C(C)(O)CC(OC)OC. The van der Waals surface area contributed by atoms with Crippen molar-refractivity contribution in [2.75, 3.05) is 21.3 Å². The lowest BCUT2D eigenvalue weighted by Gasteiger charge is -2.33. The second-order valence-electron chi connectivity index (χ2n) is 4.68. The summed E-state index contributed by atoms with van der Waals surface area (Å²) < 4.78 is 14.9. The van der Waals surface area contributed by atoms with E-state index >= 15 is 0 Å². The minimum absolute atomic E-state index is 0.226. The molecular weight excluding hydrogens is 236 g/mol. The minimum atomic E-state index is -1.21. The Labute approximate surface area is 109 Å². The maximum absolute atomic E-state index is 11.8. The number of hydrogen-bond acceptors (Lipinski definition) is 5. The second-order valence-corrected chi connectivity index (χ2v) is 4.68. The number of ether oxygens (including phenoxy) is 3. The highest BCUT2D eigenvalue weighted by atomic mass is 16.7. The molecule has 0 aliphatic heterocycles. The van der Waals surface area contributed by atoms with E-state index in [0.717, 1.165) is 12.8 Å². The molecule has 1 N–H and O–H groups in total. The van der Waals surface area contributed by atoms with Gasteiger partial charge in [0.1, 0.15) is 0 Å². The third kappa shape index (κ3) is 5.33. The van der Waals surface area contributed by atoms with Crippen LogP contribution < -0.4 is 0 Å². The number of carbonyl (C=O) groups is 1. The van der Waals surface area contributed by atoms with Crippen molar-refractivity contribution < 1.29 is 24.1 Å². The van der Waals surface area contributed by atoms with Gasteiger partial charge >= 0.3 is 5.97 Å². The summed E-state index contributed by atoms with van der Waals surface area (Å²) in [5.41, 5.74) is -1.21. The van der Waals surface area contributed by atoms with Gasteiger partial charge in [0, 0.05) is 20.6 Å².